The van der Waals surface area contributed by atoms with Gasteiger partial charge in [0.2, 0.25) is 0 Å². The lowest BCUT2D eigenvalue weighted by molar-refractivity contribution is -0.137. The molecule has 0 fully saturated rings. The number of unbranched alkanes of at least 4 members (excludes halogenated alkanes) is 4. The maximum atomic E-state index is 12.8. The highest BCUT2D eigenvalue weighted by molar-refractivity contribution is 7.87. The lowest BCUT2D eigenvalue weighted by Gasteiger charge is -2.17. The molecule has 0 saturated heterocycles. The number of carbonyl (C=O) groups is 1. The van der Waals surface area contributed by atoms with Gasteiger partial charge in [-0.3, -0.25) is 4.79 Å². The molecule has 0 aromatic carbocycles. The number of rotatable bonds is 16. The molecule has 3 N–H and O–H groups in total. The minimum atomic E-state index is -5.87. The van der Waals surface area contributed by atoms with Crippen LogP contribution in [0.15, 0.2) is 23.5 Å². The zero-order valence-corrected chi connectivity index (χ0v) is 20.6. The Bertz CT molecular complexity index is 806. The number of aliphatic hydroxyl groups excluding tert-OH is 2. The molecule has 11 heteroatoms. The second-order valence-electron chi connectivity index (χ2n) is 8.97. The van der Waals surface area contributed by atoms with E-state index in [1.807, 2.05) is 6.92 Å². The molecule has 0 aliphatic heterocycles. The highest BCUT2D eigenvalue weighted by Crippen LogP contribution is 2.40. The van der Waals surface area contributed by atoms with Crippen molar-refractivity contribution in [3.05, 3.63) is 23.5 Å². The Morgan fingerprint density at radius 3 is 2.44 bits per heavy atom. The summed E-state index contributed by atoms with van der Waals surface area (Å²) in [5.74, 6) is -1.85. The summed E-state index contributed by atoms with van der Waals surface area (Å²) in [6.07, 6.45) is 6.44. The van der Waals surface area contributed by atoms with Crippen molar-refractivity contribution in [2.75, 3.05) is 0 Å². The van der Waals surface area contributed by atoms with Gasteiger partial charge in [0, 0.05) is 18.8 Å². The number of hydrogen-bond acceptors (Lipinski definition) is 6. The number of halogens is 3. The predicted octanol–water partition coefficient (Wildman–Crippen LogP) is 5.05. The zero-order valence-electron chi connectivity index (χ0n) is 19.8. The van der Waals surface area contributed by atoms with E-state index in [1.54, 1.807) is 0 Å². The Morgan fingerprint density at radius 1 is 1.21 bits per heavy atom. The van der Waals surface area contributed by atoms with Crippen molar-refractivity contribution in [3.63, 3.8) is 0 Å². The smallest absolute Gasteiger partial charge is 0.481 e. The number of hydrogen-bond donors (Lipinski definition) is 3. The third-order valence-electron chi connectivity index (χ3n) is 5.89. The first-order chi connectivity index (χ1) is 15.8. The Hall–Kier alpha value is -1.59. The van der Waals surface area contributed by atoms with Crippen LogP contribution in [0.25, 0.3) is 0 Å². The van der Waals surface area contributed by atoms with Gasteiger partial charge in [-0.1, -0.05) is 58.1 Å². The van der Waals surface area contributed by atoms with Gasteiger partial charge in [0.1, 0.15) is 5.76 Å². The summed E-state index contributed by atoms with van der Waals surface area (Å²) in [6, 6.07) is 0. The number of aliphatic carboxylic acids is 1. The molecule has 0 radical (unpaired) electrons. The van der Waals surface area contributed by atoms with Crippen LogP contribution in [-0.4, -0.2) is 47.4 Å². The van der Waals surface area contributed by atoms with Crippen molar-refractivity contribution in [1.82, 2.24) is 0 Å². The Morgan fingerprint density at radius 2 is 1.85 bits per heavy atom. The fourth-order valence-electron chi connectivity index (χ4n) is 4.04. The van der Waals surface area contributed by atoms with E-state index in [-0.39, 0.29) is 30.8 Å². The van der Waals surface area contributed by atoms with E-state index in [4.69, 9.17) is 5.11 Å². The topological polar surface area (TPSA) is 121 Å². The third kappa shape index (κ3) is 10.4. The summed E-state index contributed by atoms with van der Waals surface area (Å²) < 4.78 is 66.0. The van der Waals surface area contributed by atoms with E-state index in [0.29, 0.717) is 32.1 Å². The lowest BCUT2D eigenvalue weighted by Crippen LogP contribution is -2.25. The molecule has 0 spiro atoms. The monoisotopic (exact) mass is 514 g/mol. The van der Waals surface area contributed by atoms with Crippen LogP contribution in [0.1, 0.15) is 84.5 Å². The molecule has 0 aromatic rings. The van der Waals surface area contributed by atoms with E-state index >= 15 is 0 Å². The zero-order chi connectivity index (χ0) is 25.9. The second-order valence-corrected chi connectivity index (χ2v) is 10.5. The molecule has 0 amide bonds. The fraction of sp³-hybridized carbons (Fsp3) is 0.783. The van der Waals surface area contributed by atoms with Gasteiger partial charge in [0.25, 0.3) is 0 Å². The molecule has 0 bridgehead atoms. The largest absolute Gasteiger partial charge is 0.534 e. The second kappa shape index (κ2) is 14.1. The molecular weight excluding hydrogens is 477 g/mol. The van der Waals surface area contributed by atoms with E-state index in [1.165, 1.54) is 12.2 Å². The third-order valence-corrected chi connectivity index (χ3v) is 6.87. The van der Waals surface area contributed by atoms with Crippen LogP contribution >= 0.6 is 0 Å². The number of carboxylic acids is 1. The van der Waals surface area contributed by atoms with Crippen LogP contribution in [0, 0.1) is 11.8 Å². The quantitative estimate of drug-likeness (QED) is 0.114. The van der Waals surface area contributed by atoms with Crippen LogP contribution in [0.2, 0.25) is 0 Å². The fourth-order valence-corrected chi connectivity index (χ4v) is 4.57. The number of carboxylic acid groups (broad SMARTS) is 1. The van der Waals surface area contributed by atoms with Crippen molar-refractivity contribution in [2.45, 2.75) is 102 Å². The first kappa shape index (κ1) is 30.4. The maximum Gasteiger partial charge on any atom is 0.534 e. The summed E-state index contributed by atoms with van der Waals surface area (Å²) >= 11 is 0. The van der Waals surface area contributed by atoms with Crippen LogP contribution in [0.5, 0.6) is 0 Å². The summed E-state index contributed by atoms with van der Waals surface area (Å²) in [4.78, 5) is 10.6. The Kier molecular flexibility index (Phi) is 12.6. The molecule has 1 aliphatic rings. The molecule has 0 unspecified atom stereocenters. The van der Waals surface area contributed by atoms with Gasteiger partial charge in [0.15, 0.2) is 0 Å². The molecule has 4 atom stereocenters. The number of alkyl halides is 3. The average Bonchev–Trinajstić information content (AvgIpc) is 2.99. The summed E-state index contributed by atoms with van der Waals surface area (Å²) in [7, 11) is -5.87. The van der Waals surface area contributed by atoms with E-state index in [0.717, 1.165) is 19.3 Å². The molecule has 7 nitrogen and oxygen atoms in total. The number of aliphatic hydroxyl groups is 2. The maximum absolute atomic E-state index is 12.8. The van der Waals surface area contributed by atoms with Crippen molar-refractivity contribution in [2.24, 2.45) is 11.8 Å². The lowest BCUT2D eigenvalue weighted by atomic mass is 9.92. The Labute approximate surface area is 199 Å². The van der Waals surface area contributed by atoms with Crippen molar-refractivity contribution < 1.29 is 45.9 Å². The molecule has 0 saturated carbocycles. The molecule has 0 aromatic heterocycles. The Balaban J connectivity index is 2.95. The highest BCUT2D eigenvalue weighted by Gasteiger charge is 2.50. The van der Waals surface area contributed by atoms with Gasteiger partial charge in [-0.05, 0) is 37.2 Å². The summed E-state index contributed by atoms with van der Waals surface area (Å²) in [6.45, 7) is 4.09. The first-order valence-electron chi connectivity index (χ1n) is 11.8. The van der Waals surface area contributed by atoms with Crippen molar-refractivity contribution >= 4 is 16.1 Å². The van der Waals surface area contributed by atoms with E-state index in [2.05, 4.69) is 11.1 Å². The van der Waals surface area contributed by atoms with Gasteiger partial charge in [-0.25, -0.2) is 0 Å². The van der Waals surface area contributed by atoms with E-state index < -0.39 is 45.5 Å². The van der Waals surface area contributed by atoms with Crippen LogP contribution in [-0.2, 0) is 19.1 Å². The van der Waals surface area contributed by atoms with Gasteiger partial charge in [-0.15, -0.1) is 0 Å². The van der Waals surface area contributed by atoms with Crippen molar-refractivity contribution in [3.8, 4) is 0 Å². The van der Waals surface area contributed by atoms with Crippen LogP contribution in [0.3, 0.4) is 0 Å². The van der Waals surface area contributed by atoms with Gasteiger partial charge >= 0.3 is 21.6 Å². The van der Waals surface area contributed by atoms with Crippen molar-refractivity contribution in [1.29, 1.82) is 0 Å². The van der Waals surface area contributed by atoms with Crippen LogP contribution in [0.4, 0.5) is 13.2 Å². The molecule has 1 rings (SSSR count). The average molecular weight is 515 g/mol. The molecule has 198 valence electrons. The minimum absolute atomic E-state index is 0.0134. The summed E-state index contributed by atoms with van der Waals surface area (Å²) in [5, 5.41) is 29.5. The SMILES string of the molecule is CCCC[C@@H](C)C[C@H](O)/C=C/[C@@H]1C(CCCCCCC(=O)O)=C(OS(=O)(=O)C(F)(F)F)C[C@H]1O. The molecule has 1 aliphatic carbocycles. The van der Waals surface area contributed by atoms with Gasteiger partial charge in [0.05, 0.1) is 12.2 Å². The van der Waals surface area contributed by atoms with Gasteiger partial charge < -0.3 is 19.5 Å². The first-order valence-corrected chi connectivity index (χ1v) is 13.2. The normalized spacial score (nSPS) is 21.3. The summed E-state index contributed by atoms with van der Waals surface area (Å²) in [5.41, 5.74) is -5.34. The minimum Gasteiger partial charge on any atom is -0.481 e. The van der Waals surface area contributed by atoms with E-state index in [9.17, 15) is 36.6 Å². The molecule has 34 heavy (non-hydrogen) atoms. The predicted molar refractivity (Wildman–Crippen MR) is 121 cm³/mol. The molecular formula is C23H37F3O7S. The van der Waals surface area contributed by atoms with Crippen LogP contribution < -0.4 is 0 Å². The standard InChI is InChI=1S/C23H37F3O7S/c1-3-4-9-16(2)14-17(27)12-13-18-19(10-7-5-6-8-11-22(29)30)21(15-20(18)28)33-34(31,32)23(24,25)26/h12-13,16-18,20,27-28H,3-11,14-15H2,1-2H3,(H,29,30)/b13-12+/t16-,17-,18-,20-/m1/s1. The molecule has 0 heterocycles. The highest BCUT2D eigenvalue weighted by atomic mass is 32.2. The van der Waals surface area contributed by atoms with Gasteiger partial charge in [-0.2, -0.15) is 21.6 Å².